The Bertz CT molecular complexity index is 426. The Morgan fingerprint density at radius 2 is 2.35 bits per heavy atom. The molecule has 1 aromatic carbocycles. The summed E-state index contributed by atoms with van der Waals surface area (Å²) in [5, 5.41) is 0.575. The van der Waals surface area contributed by atoms with Crippen molar-refractivity contribution in [2.45, 2.75) is 6.92 Å². The molecule has 0 N–H and O–H groups in total. The summed E-state index contributed by atoms with van der Waals surface area (Å²) in [6.45, 7) is 2.71. The molecule has 0 saturated carbocycles. The number of hydrogen-bond acceptors (Lipinski definition) is 2. The summed E-state index contributed by atoms with van der Waals surface area (Å²) in [5.41, 5.74) is 0. The van der Waals surface area contributed by atoms with Crippen molar-refractivity contribution in [3.63, 3.8) is 0 Å². The molecule has 90 valence electrons. The molecule has 3 nitrogen and oxygen atoms in total. The fourth-order valence-corrected chi connectivity index (χ4v) is 1.46. The second-order valence-corrected chi connectivity index (χ2v) is 3.79. The van der Waals surface area contributed by atoms with Crippen LogP contribution in [0, 0.1) is 12.3 Å². The maximum Gasteiger partial charge on any atom is 0.261 e. The molecule has 0 fully saturated rings. The highest BCUT2D eigenvalue weighted by Crippen LogP contribution is 2.16. The second kappa shape index (κ2) is 6.82. The van der Waals surface area contributed by atoms with Crippen molar-refractivity contribution in [3.05, 3.63) is 29.3 Å². The van der Waals surface area contributed by atoms with Crippen LogP contribution in [-0.4, -0.2) is 30.5 Å². The largest absolute Gasteiger partial charge is 0.484 e. The van der Waals surface area contributed by atoms with E-state index in [-0.39, 0.29) is 12.5 Å². The van der Waals surface area contributed by atoms with Gasteiger partial charge in [0, 0.05) is 11.6 Å². The summed E-state index contributed by atoms with van der Waals surface area (Å²) in [6.07, 6.45) is 5.17. The average molecular weight is 252 g/mol. The van der Waals surface area contributed by atoms with E-state index < -0.39 is 0 Å². The van der Waals surface area contributed by atoms with Crippen molar-refractivity contribution in [1.82, 2.24) is 4.90 Å². The van der Waals surface area contributed by atoms with Gasteiger partial charge in [-0.05, 0) is 25.1 Å². The zero-order valence-electron chi connectivity index (χ0n) is 9.65. The SMILES string of the molecule is C#CCN(CC)C(=O)COc1cccc(Cl)c1. The molecule has 0 atom stereocenters. The molecule has 0 aliphatic heterocycles. The molecule has 4 heteroatoms. The second-order valence-electron chi connectivity index (χ2n) is 3.36. The first kappa shape index (κ1) is 13.4. The lowest BCUT2D eigenvalue weighted by Crippen LogP contribution is -2.35. The molecular weight excluding hydrogens is 238 g/mol. The summed E-state index contributed by atoms with van der Waals surface area (Å²) >= 11 is 5.80. The van der Waals surface area contributed by atoms with Crippen LogP contribution in [0.25, 0.3) is 0 Å². The molecule has 0 bridgehead atoms. The van der Waals surface area contributed by atoms with Crippen LogP contribution in [0.5, 0.6) is 5.75 Å². The minimum atomic E-state index is -0.134. The number of halogens is 1. The third kappa shape index (κ3) is 4.38. The fourth-order valence-electron chi connectivity index (χ4n) is 1.28. The molecule has 0 radical (unpaired) electrons. The molecule has 0 saturated heterocycles. The van der Waals surface area contributed by atoms with Crippen molar-refractivity contribution in [3.8, 4) is 18.1 Å². The number of carbonyl (C=O) groups excluding carboxylic acids is 1. The molecule has 1 amide bonds. The Labute approximate surface area is 106 Å². The minimum absolute atomic E-state index is 0.0319. The monoisotopic (exact) mass is 251 g/mol. The van der Waals surface area contributed by atoms with E-state index in [2.05, 4.69) is 5.92 Å². The number of carbonyl (C=O) groups is 1. The highest BCUT2D eigenvalue weighted by atomic mass is 35.5. The summed E-state index contributed by atoms with van der Waals surface area (Å²) in [5.74, 6) is 2.87. The zero-order valence-corrected chi connectivity index (χ0v) is 10.4. The number of likely N-dealkylation sites (N-methyl/N-ethyl adjacent to an activating group) is 1. The van der Waals surface area contributed by atoms with Gasteiger partial charge in [0.05, 0.1) is 6.54 Å². The number of rotatable bonds is 5. The lowest BCUT2D eigenvalue weighted by atomic mass is 10.3. The van der Waals surface area contributed by atoms with Crippen LogP contribution in [0.15, 0.2) is 24.3 Å². The van der Waals surface area contributed by atoms with Crippen LogP contribution >= 0.6 is 11.6 Å². The molecule has 0 unspecified atom stereocenters. The lowest BCUT2D eigenvalue weighted by Gasteiger charge is -2.18. The van der Waals surface area contributed by atoms with Crippen LogP contribution in [-0.2, 0) is 4.79 Å². The molecular formula is C13H14ClNO2. The number of nitrogens with zero attached hydrogens (tertiary/aromatic N) is 1. The van der Waals surface area contributed by atoms with E-state index in [1.165, 1.54) is 0 Å². The van der Waals surface area contributed by atoms with E-state index in [0.29, 0.717) is 23.9 Å². The Hall–Kier alpha value is -1.66. The summed E-state index contributed by atoms with van der Waals surface area (Å²) in [4.78, 5) is 13.2. The Balaban J connectivity index is 2.50. The quantitative estimate of drug-likeness (QED) is 0.751. The Kier molecular flexibility index (Phi) is 5.38. The number of hydrogen-bond donors (Lipinski definition) is 0. The number of terminal acetylenes is 1. The van der Waals surface area contributed by atoms with Gasteiger partial charge in [-0.2, -0.15) is 0 Å². The molecule has 17 heavy (non-hydrogen) atoms. The fraction of sp³-hybridized carbons (Fsp3) is 0.308. The van der Waals surface area contributed by atoms with E-state index >= 15 is 0 Å². The van der Waals surface area contributed by atoms with Crippen LogP contribution in [0.1, 0.15) is 6.92 Å². The number of benzene rings is 1. The van der Waals surface area contributed by atoms with Gasteiger partial charge in [0.2, 0.25) is 0 Å². The van der Waals surface area contributed by atoms with Crippen molar-refractivity contribution in [2.75, 3.05) is 19.7 Å². The predicted molar refractivity (Wildman–Crippen MR) is 68.0 cm³/mol. The zero-order chi connectivity index (χ0) is 12.7. The van der Waals surface area contributed by atoms with Gasteiger partial charge in [-0.25, -0.2) is 0 Å². The molecule has 0 aromatic heterocycles. The van der Waals surface area contributed by atoms with E-state index in [0.717, 1.165) is 0 Å². The van der Waals surface area contributed by atoms with Gasteiger partial charge in [0.25, 0.3) is 5.91 Å². The van der Waals surface area contributed by atoms with E-state index in [9.17, 15) is 4.79 Å². The Morgan fingerprint density at radius 1 is 1.59 bits per heavy atom. The van der Waals surface area contributed by atoms with Gasteiger partial charge >= 0.3 is 0 Å². The summed E-state index contributed by atoms with van der Waals surface area (Å²) in [6, 6.07) is 6.91. The first-order valence-electron chi connectivity index (χ1n) is 5.27. The lowest BCUT2D eigenvalue weighted by molar-refractivity contribution is -0.132. The van der Waals surface area contributed by atoms with Gasteiger partial charge in [-0.3, -0.25) is 4.79 Å². The van der Waals surface area contributed by atoms with E-state index in [1.807, 2.05) is 6.92 Å². The molecule has 0 spiro atoms. The van der Waals surface area contributed by atoms with Crippen molar-refractivity contribution >= 4 is 17.5 Å². The van der Waals surface area contributed by atoms with Crippen LogP contribution < -0.4 is 4.74 Å². The molecule has 0 aliphatic carbocycles. The highest BCUT2D eigenvalue weighted by Gasteiger charge is 2.10. The standard InChI is InChI=1S/C13H14ClNO2/c1-3-8-15(4-2)13(16)10-17-12-7-5-6-11(14)9-12/h1,5-7,9H,4,8,10H2,2H3. The van der Waals surface area contributed by atoms with E-state index in [4.69, 9.17) is 22.8 Å². The van der Waals surface area contributed by atoms with Crippen molar-refractivity contribution in [2.24, 2.45) is 0 Å². The predicted octanol–water partition coefficient (Wildman–Crippen LogP) is 2.20. The highest BCUT2D eigenvalue weighted by molar-refractivity contribution is 6.30. The summed E-state index contributed by atoms with van der Waals surface area (Å²) in [7, 11) is 0. The number of amides is 1. The maximum atomic E-state index is 11.7. The normalized spacial score (nSPS) is 9.47. The molecule has 1 aromatic rings. The van der Waals surface area contributed by atoms with Gasteiger partial charge in [0.1, 0.15) is 5.75 Å². The third-order valence-electron chi connectivity index (χ3n) is 2.17. The molecule has 1 rings (SSSR count). The van der Waals surface area contributed by atoms with Crippen LogP contribution in [0.3, 0.4) is 0 Å². The summed E-state index contributed by atoms with van der Waals surface area (Å²) < 4.78 is 5.33. The van der Waals surface area contributed by atoms with Gasteiger partial charge in [-0.1, -0.05) is 23.6 Å². The van der Waals surface area contributed by atoms with Crippen molar-refractivity contribution in [1.29, 1.82) is 0 Å². The van der Waals surface area contributed by atoms with Crippen molar-refractivity contribution < 1.29 is 9.53 Å². The first-order valence-corrected chi connectivity index (χ1v) is 5.64. The first-order chi connectivity index (χ1) is 8.17. The smallest absolute Gasteiger partial charge is 0.261 e. The van der Waals surface area contributed by atoms with Gasteiger partial charge in [-0.15, -0.1) is 6.42 Å². The Morgan fingerprint density at radius 3 is 2.94 bits per heavy atom. The van der Waals surface area contributed by atoms with E-state index in [1.54, 1.807) is 29.2 Å². The maximum absolute atomic E-state index is 11.7. The topological polar surface area (TPSA) is 29.5 Å². The van der Waals surface area contributed by atoms with Crippen LogP contribution in [0.2, 0.25) is 5.02 Å². The van der Waals surface area contributed by atoms with Crippen LogP contribution in [0.4, 0.5) is 0 Å². The molecule has 0 heterocycles. The average Bonchev–Trinajstić information content (AvgIpc) is 2.33. The minimum Gasteiger partial charge on any atom is -0.484 e. The van der Waals surface area contributed by atoms with Gasteiger partial charge in [0.15, 0.2) is 6.61 Å². The van der Waals surface area contributed by atoms with Gasteiger partial charge < -0.3 is 9.64 Å². The third-order valence-corrected chi connectivity index (χ3v) is 2.41. The molecule has 0 aliphatic rings. The number of ether oxygens (including phenoxy) is 1.